The zero-order chi connectivity index (χ0) is 10.4. The van der Waals surface area contributed by atoms with E-state index in [9.17, 15) is 15.5 Å². The molecule has 0 bridgehead atoms. The fraction of sp³-hybridized carbons (Fsp3) is 0.143. The summed E-state index contributed by atoms with van der Waals surface area (Å²) >= 11 is 0. The summed E-state index contributed by atoms with van der Waals surface area (Å²) in [5, 5.41) is 0. The van der Waals surface area contributed by atoms with Crippen molar-refractivity contribution in [1.82, 2.24) is 0 Å². The molecule has 0 fully saturated rings. The smallest absolute Gasteiger partial charge is 0.184 e. The molecule has 0 unspecified atom stereocenters. The molecule has 0 aliphatic heterocycles. The Balaban J connectivity index is 3.41. The Morgan fingerprint density at radius 2 is 1.69 bits per heavy atom. The topological polar surface area (TPSA) is 26.0 Å². The first-order valence-corrected chi connectivity index (χ1v) is 5.80. The van der Waals surface area contributed by atoms with Gasteiger partial charge in [-0.25, -0.2) is 0 Å². The molecule has 0 aliphatic rings. The van der Waals surface area contributed by atoms with Gasteiger partial charge in [-0.3, -0.25) is 0 Å². The van der Waals surface area contributed by atoms with Crippen LogP contribution in [0.15, 0.2) is 29.2 Å². The molecule has 1 aromatic carbocycles. The van der Waals surface area contributed by atoms with Crippen LogP contribution in [0.5, 0.6) is 0 Å². The highest BCUT2D eigenvalue weighted by Crippen LogP contribution is 2.98. The van der Waals surface area contributed by atoms with Crippen LogP contribution in [-0.2, 0) is 0 Å². The fourth-order valence-corrected chi connectivity index (χ4v) is 1.69. The van der Waals surface area contributed by atoms with Crippen molar-refractivity contribution >= 4 is 15.5 Å². The summed E-state index contributed by atoms with van der Waals surface area (Å²) in [5.74, 6) is 0. The van der Waals surface area contributed by atoms with Crippen LogP contribution < -0.4 is 5.73 Å². The normalized spacial score (nSPS) is 17.6. The van der Waals surface area contributed by atoms with Crippen LogP contribution in [0, 0.1) is 0 Å². The third kappa shape index (κ3) is 2.51. The monoisotopic (exact) mass is 215 g/mol. The van der Waals surface area contributed by atoms with E-state index in [2.05, 4.69) is 0 Å². The van der Waals surface area contributed by atoms with Crippen molar-refractivity contribution in [2.45, 2.75) is 4.90 Å². The van der Waals surface area contributed by atoms with Crippen LogP contribution in [0.25, 0.3) is 0 Å². The van der Waals surface area contributed by atoms with Gasteiger partial charge in [0, 0.05) is 5.69 Å². The first-order valence-electron chi connectivity index (χ1n) is 3.34. The molecule has 76 valence electrons. The van der Waals surface area contributed by atoms with Crippen LogP contribution in [0.3, 0.4) is 0 Å². The van der Waals surface area contributed by atoms with Gasteiger partial charge in [-0.15, -0.1) is 15.5 Å². The van der Waals surface area contributed by atoms with Crippen molar-refractivity contribution in [1.29, 1.82) is 0 Å². The maximum atomic E-state index is 12.7. The van der Waals surface area contributed by atoms with Gasteiger partial charge in [0.2, 0.25) is 0 Å². The predicted molar refractivity (Wildman–Crippen MR) is 47.1 cm³/mol. The number of hydrogen-bond donors (Lipinski definition) is 1. The van der Waals surface area contributed by atoms with E-state index < -0.39 is 14.7 Å². The largest absolute Gasteiger partial charge is 0.399 e. The van der Waals surface area contributed by atoms with Gasteiger partial charge in [0.15, 0.2) is 9.84 Å². The molecular formula is C7H9F4NS. The van der Waals surface area contributed by atoms with E-state index in [0.29, 0.717) is 12.1 Å². The van der Waals surface area contributed by atoms with Crippen molar-refractivity contribution in [3.8, 4) is 0 Å². The standard InChI is InChI=1S/C7H9F4NS/c1-13(8,9,10,11)7-4-2-3-6(12)5-7/h2-5H,12H2,1H3. The molecule has 0 aromatic heterocycles. The van der Waals surface area contributed by atoms with Gasteiger partial charge in [-0.05, 0) is 18.2 Å². The van der Waals surface area contributed by atoms with Crippen LogP contribution in [-0.4, -0.2) is 6.26 Å². The molecule has 0 spiro atoms. The molecule has 0 saturated carbocycles. The van der Waals surface area contributed by atoms with Gasteiger partial charge >= 0.3 is 0 Å². The fourth-order valence-electron chi connectivity index (χ4n) is 0.833. The van der Waals surface area contributed by atoms with Crippen molar-refractivity contribution in [2.75, 3.05) is 12.0 Å². The second kappa shape index (κ2) is 1.95. The maximum absolute atomic E-state index is 12.7. The molecule has 1 rings (SSSR count). The van der Waals surface area contributed by atoms with E-state index in [1.165, 1.54) is 6.07 Å². The SMILES string of the molecule is CS(F)(F)(F)(F)c1cccc(N)c1. The zero-order valence-corrected chi connectivity index (χ0v) is 7.62. The van der Waals surface area contributed by atoms with Crippen LogP contribution in [0.1, 0.15) is 0 Å². The molecular weight excluding hydrogens is 206 g/mol. The number of nitrogen functional groups attached to an aromatic ring is 1. The molecule has 0 radical (unpaired) electrons. The van der Waals surface area contributed by atoms with E-state index in [0.717, 1.165) is 6.07 Å². The average Bonchev–Trinajstić information content (AvgIpc) is 1.82. The summed E-state index contributed by atoms with van der Waals surface area (Å²) < 4.78 is 51.0. The minimum absolute atomic E-state index is 0.102. The number of hydrogen-bond acceptors (Lipinski definition) is 1. The number of halogens is 4. The van der Waals surface area contributed by atoms with Crippen LogP contribution >= 0.6 is 9.84 Å². The van der Waals surface area contributed by atoms with Crippen LogP contribution in [0.2, 0.25) is 0 Å². The first kappa shape index (κ1) is 10.2. The lowest BCUT2D eigenvalue weighted by Crippen LogP contribution is -2.11. The maximum Gasteiger partial charge on any atom is 0.184 e. The number of nitrogens with two attached hydrogens (primary N) is 1. The summed E-state index contributed by atoms with van der Waals surface area (Å²) in [6, 6.07) is 3.62. The zero-order valence-electron chi connectivity index (χ0n) is 6.81. The van der Waals surface area contributed by atoms with Gasteiger partial charge in [0.25, 0.3) is 0 Å². The third-order valence-corrected chi connectivity index (χ3v) is 2.89. The lowest BCUT2D eigenvalue weighted by molar-refractivity contribution is 0.458. The average molecular weight is 215 g/mol. The first-order chi connectivity index (χ1) is 5.49. The van der Waals surface area contributed by atoms with Gasteiger partial charge in [0.05, 0.1) is 11.2 Å². The minimum atomic E-state index is -8.04. The highest BCUT2D eigenvalue weighted by Gasteiger charge is 2.59. The van der Waals surface area contributed by atoms with Gasteiger partial charge in [-0.1, -0.05) is 6.07 Å². The molecule has 0 heterocycles. The second-order valence-electron chi connectivity index (χ2n) is 3.05. The molecule has 0 aliphatic carbocycles. The second-order valence-corrected chi connectivity index (χ2v) is 6.48. The van der Waals surface area contributed by atoms with E-state index in [4.69, 9.17) is 5.73 Å². The molecule has 0 atom stereocenters. The molecule has 2 N–H and O–H groups in total. The minimum Gasteiger partial charge on any atom is -0.399 e. The third-order valence-electron chi connectivity index (χ3n) is 1.45. The summed E-state index contributed by atoms with van der Waals surface area (Å²) in [7, 11) is -8.04. The number of rotatable bonds is 1. The molecule has 13 heavy (non-hydrogen) atoms. The van der Waals surface area contributed by atoms with Crippen molar-refractivity contribution in [3.05, 3.63) is 24.3 Å². The summed E-state index contributed by atoms with van der Waals surface area (Å²) in [6.45, 7) is 0. The van der Waals surface area contributed by atoms with Gasteiger partial charge in [-0.2, -0.15) is 0 Å². The Labute approximate surface area is 73.0 Å². The quantitative estimate of drug-likeness (QED) is 0.561. The summed E-state index contributed by atoms with van der Waals surface area (Å²) in [6.07, 6.45) is -0.325. The molecule has 0 amide bonds. The van der Waals surface area contributed by atoms with E-state index in [1.807, 2.05) is 0 Å². The summed E-state index contributed by atoms with van der Waals surface area (Å²) in [4.78, 5) is -1.29. The van der Waals surface area contributed by atoms with E-state index in [1.54, 1.807) is 0 Å². The van der Waals surface area contributed by atoms with Crippen molar-refractivity contribution < 1.29 is 15.5 Å². The number of anilines is 1. The lowest BCUT2D eigenvalue weighted by atomic mass is 10.3. The Morgan fingerprint density at radius 1 is 1.15 bits per heavy atom. The van der Waals surface area contributed by atoms with E-state index >= 15 is 0 Å². The molecule has 1 nitrogen and oxygen atoms in total. The Kier molecular flexibility index (Phi) is 1.52. The summed E-state index contributed by atoms with van der Waals surface area (Å²) in [5.41, 5.74) is 5.02. The van der Waals surface area contributed by atoms with Crippen molar-refractivity contribution in [3.63, 3.8) is 0 Å². The Bertz CT molecular complexity index is 342. The van der Waals surface area contributed by atoms with Crippen molar-refractivity contribution in [2.24, 2.45) is 0 Å². The Hall–Kier alpha value is -0.910. The molecule has 6 heteroatoms. The predicted octanol–water partition coefficient (Wildman–Crippen LogP) is 3.67. The van der Waals surface area contributed by atoms with Crippen LogP contribution in [0.4, 0.5) is 21.2 Å². The Morgan fingerprint density at radius 3 is 2.00 bits per heavy atom. The van der Waals surface area contributed by atoms with E-state index in [-0.39, 0.29) is 11.9 Å². The molecule has 0 saturated heterocycles. The lowest BCUT2D eigenvalue weighted by Gasteiger charge is -2.46. The van der Waals surface area contributed by atoms with Gasteiger partial charge in [0.1, 0.15) is 0 Å². The highest BCUT2D eigenvalue weighted by molar-refractivity contribution is 8.49. The highest BCUT2D eigenvalue weighted by atomic mass is 32.5. The van der Waals surface area contributed by atoms with Gasteiger partial charge < -0.3 is 5.73 Å². The number of benzene rings is 1. The molecule has 1 aromatic rings.